The van der Waals surface area contributed by atoms with Gasteiger partial charge in [-0.2, -0.15) is 4.98 Å². The monoisotopic (exact) mass is 421 g/mol. The van der Waals surface area contributed by atoms with Crippen LogP contribution in [0.5, 0.6) is 5.75 Å². The zero-order chi connectivity index (χ0) is 21.7. The van der Waals surface area contributed by atoms with E-state index in [1.807, 2.05) is 33.7 Å². The van der Waals surface area contributed by atoms with Crippen molar-refractivity contribution in [1.82, 2.24) is 18.7 Å². The van der Waals surface area contributed by atoms with E-state index in [1.165, 1.54) is 17.7 Å². The SMILES string of the molecule is Cn1c(=O)c2c(nc3n2CCN3c2ccc(OCc3ccccc3F)cc2)n(C)c1=O. The second-order valence-corrected chi connectivity index (χ2v) is 7.47. The largest absolute Gasteiger partial charge is 0.489 e. The molecule has 0 saturated heterocycles. The second-order valence-electron chi connectivity index (χ2n) is 7.47. The van der Waals surface area contributed by atoms with Crippen molar-refractivity contribution < 1.29 is 9.13 Å². The minimum Gasteiger partial charge on any atom is -0.489 e. The quantitative estimate of drug-likeness (QED) is 0.506. The van der Waals surface area contributed by atoms with E-state index in [0.29, 0.717) is 41.5 Å². The first kappa shape index (κ1) is 19.1. The molecule has 5 rings (SSSR count). The van der Waals surface area contributed by atoms with Gasteiger partial charge in [0.2, 0.25) is 5.95 Å². The Balaban J connectivity index is 1.43. The molecule has 4 aromatic rings. The average molecular weight is 421 g/mol. The van der Waals surface area contributed by atoms with E-state index in [-0.39, 0.29) is 18.0 Å². The molecule has 0 fully saturated rings. The lowest BCUT2D eigenvalue weighted by atomic mass is 10.2. The van der Waals surface area contributed by atoms with Crippen LogP contribution in [0, 0.1) is 5.82 Å². The van der Waals surface area contributed by atoms with Gasteiger partial charge in [0, 0.05) is 38.4 Å². The maximum Gasteiger partial charge on any atom is 0.332 e. The van der Waals surface area contributed by atoms with E-state index in [0.717, 1.165) is 10.3 Å². The summed E-state index contributed by atoms with van der Waals surface area (Å²) in [7, 11) is 3.08. The first-order valence-electron chi connectivity index (χ1n) is 9.86. The molecule has 8 nitrogen and oxygen atoms in total. The summed E-state index contributed by atoms with van der Waals surface area (Å²) in [5.74, 6) is 0.944. The number of imidazole rings is 1. The predicted molar refractivity (Wildman–Crippen MR) is 114 cm³/mol. The zero-order valence-electron chi connectivity index (χ0n) is 17.1. The first-order valence-corrected chi connectivity index (χ1v) is 9.86. The molecular formula is C22H20FN5O3. The molecule has 2 aromatic carbocycles. The Bertz CT molecular complexity index is 1420. The molecule has 3 heterocycles. The number of fused-ring (bicyclic) bond motifs is 3. The predicted octanol–water partition coefficient (Wildman–Crippen LogP) is 2.30. The summed E-state index contributed by atoms with van der Waals surface area (Å²) in [6.07, 6.45) is 0. The number of anilines is 2. The maximum atomic E-state index is 13.8. The van der Waals surface area contributed by atoms with Crippen molar-refractivity contribution in [2.24, 2.45) is 14.1 Å². The normalized spacial score (nSPS) is 13.1. The summed E-state index contributed by atoms with van der Waals surface area (Å²) in [5.41, 5.74) is 1.42. The van der Waals surface area contributed by atoms with Crippen LogP contribution in [0.3, 0.4) is 0 Å². The van der Waals surface area contributed by atoms with Gasteiger partial charge in [-0.1, -0.05) is 18.2 Å². The third-order valence-electron chi connectivity index (χ3n) is 5.62. The highest BCUT2D eigenvalue weighted by Crippen LogP contribution is 2.32. The van der Waals surface area contributed by atoms with Gasteiger partial charge in [-0.05, 0) is 30.3 Å². The number of hydrogen-bond acceptors (Lipinski definition) is 5. The van der Waals surface area contributed by atoms with Crippen LogP contribution in [0.4, 0.5) is 16.0 Å². The first-order chi connectivity index (χ1) is 15.0. The van der Waals surface area contributed by atoms with Gasteiger partial charge in [-0.15, -0.1) is 0 Å². The molecule has 9 heteroatoms. The van der Waals surface area contributed by atoms with Crippen molar-refractivity contribution in [1.29, 1.82) is 0 Å². The molecule has 0 bridgehead atoms. The lowest BCUT2D eigenvalue weighted by Gasteiger charge is -2.16. The Morgan fingerprint density at radius 3 is 2.48 bits per heavy atom. The number of aryl methyl sites for hydroxylation is 1. The standard InChI is InChI=1S/C22H20FN5O3/c1-25-19-18(20(29)26(2)22(25)30)28-12-11-27(21(28)24-19)15-7-9-16(10-8-15)31-13-14-5-3-4-6-17(14)23/h3-10H,11-13H2,1-2H3. The van der Waals surface area contributed by atoms with Gasteiger partial charge in [-0.3, -0.25) is 13.9 Å². The van der Waals surface area contributed by atoms with Crippen molar-refractivity contribution in [3.63, 3.8) is 0 Å². The summed E-state index contributed by atoms with van der Waals surface area (Å²) < 4.78 is 23.8. The minimum absolute atomic E-state index is 0.142. The molecule has 0 saturated carbocycles. The van der Waals surface area contributed by atoms with Crippen LogP contribution in [0.15, 0.2) is 58.1 Å². The highest BCUT2D eigenvalue weighted by molar-refractivity contribution is 5.77. The number of nitrogens with zero attached hydrogens (tertiary/aromatic N) is 5. The summed E-state index contributed by atoms with van der Waals surface area (Å²) >= 11 is 0. The molecule has 158 valence electrons. The smallest absolute Gasteiger partial charge is 0.332 e. The average Bonchev–Trinajstić information content (AvgIpc) is 3.36. The third-order valence-corrected chi connectivity index (χ3v) is 5.62. The number of rotatable bonds is 4. The fourth-order valence-electron chi connectivity index (χ4n) is 3.90. The van der Waals surface area contributed by atoms with Gasteiger partial charge < -0.3 is 14.2 Å². The Morgan fingerprint density at radius 1 is 1.00 bits per heavy atom. The van der Waals surface area contributed by atoms with Crippen molar-refractivity contribution in [2.45, 2.75) is 13.2 Å². The Morgan fingerprint density at radius 2 is 1.74 bits per heavy atom. The number of benzene rings is 2. The molecule has 1 aliphatic heterocycles. The van der Waals surface area contributed by atoms with Crippen LogP contribution >= 0.6 is 0 Å². The molecule has 2 aromatic heterocycles. The van der Waals surface area contributed by atoms with Crippen LogP contribution in [0.25, 0.3) is 11.2 Å². The lowest BCUT2D eigenvalue weighted by Crippen LogP contribution is -2.37. The van der Waals surface area contributed by atoms with Crippen molar-refractivity contribution in [3.05, 3.63) is 80.7 Å². The van der Waals surface area contributed by atoms with Gasteiger partial charge in [-0.25, -0.2) is 9.18 Å². The Kier molecular flexibility index (Phi) is 4.39. The molecule has 0 amide bonds. The fourth-order valence-corrected chi connectivity index (χ4v) is 3.90. The summed E-state index contributed by atoms with van der Waals surface area (Å²) in [5, 5.41) is 0. The molecule has 0 spiro atoms. The Labute approximate surface area is 176 Å². The fraction of sp³-hybridized carbons (Fsp3) is 0.227. The summed E-state index contributed by atoms with van der Waals surface area (Å²) in [4.78, 5) is 31.5. The number of ether oxygens (including phenoxy) is 1. The van der Waals surface area contributed by atoms with E-state index in [2.05, 4.69) is 4.98 Å². The topological polar surface area (TPSA) is 74.3 Å². The van der Waals surface area contributed by atoms with Crippen LogP contribution < -0.4 is 20.9 Å². The van der Waals surface area contributed by atoms with Crippen molar-refractivity contribution in [3.8, 4) is 5.75 Å². The number of hydrogen-bond donors (Lipinski definition) is 0. The van der Waals surface area contributed by atoms with Crippen molar-refractivity contribution in [2.75, 3.05) is 11.4 Å². The Hall–Kier alpha value is -3.88. The van der Waals surface area contributed by atoms with Crippen LogP contribution in [-0.4, -0.2) is 25.2 Å². The minimum atomic E-state index is -0.405. The van der Waals surface area contributed by atoms with Gasteiger partial charge in [0.05, 0.1) is 0 Å². The van der Waals surface area contributed by atoms with E-state index < -0.39 is 5.69 Å². The number of aromatic nitrogens is 4. The highest BCUT2D eigenvalue weighted by Gasteiger charge is 2.28. The molecular weight excluding hydrogens is 401 g/mol. The lowest BCUT2D eigenvalue weighted by molar-refractivity contribution is 0.300. The van der Waals surface area contributed by atoms with Crippen molar-refractivity contribution >= 4 is 22.8 Å². The molecule has 0 radical (unpaired) electrons. The van der Waals surface area contributed by atoms with E-state index in [9.17, 15) is 14.0 Å². The second kappa shape index (κ2) is 7.12. The molecule has 0 aliphatic carbocycles. The van der Waals surface area contributed by atoms with Crippen LogP contribution in [-0.2, 0) is 27.2 Å². The van der Waals surface area contributed by atoms with Crippen LogP contribution in [0.1, 0.15) is 5.56 Å². The molecule has 0 unspecified atom stereocenters. The molecule has 1 aliphatic rings. The molecule has 31 heavy (non-hydrogen) atoms. The maximum absolute atomic E-state index is 13.8. The zero-order valence-corrected chi connectivity index (χ0v) is 17.1. The highest BCUT2D eigenvalue weighted by atomic mass is 19.1. The number of halogens is 1. The third kappa shape index (κ3) is 3.00. The van der Waals surface area contributed by atoms with Crippen LogP contribution in [0.2, 0.25) is 0 Å². The summed E-state index contributed by atoms with van der Waals surface area (Å²) in [6.45, 7) is 1.38. The van der Waals surface area contributed by atoms with Gasteiger partial charge in [0.25, 0.3) is 5.56 Å². The van der Waals surface area contributed by atoms with Gasteiger partial charge >= 0.3 is 5.69 Å². The van der Waals surface area contributed by atoms with Gasteiger partial charge in [0.1, 0.15) is 18.2 Å². The van der Waals surface area contributed by atoms with E-state index >= 15 is 0 Å². The molecule has 0 atom stereocenters. The van der Waals surface area contributed by atoms with Gasteiger partial charge in [0.15, 0.2) is 11.2 Å². The molecule has 0 N–H and O–H groups in total. The summed E-state index contributed by atoms with van der Waals surface area (Å²) in [6, 6.07) is 13.9. The van der Waals surface area contributed by atoms with E-state index in [4.69, 9.17) is 4.74 Å². The van der Waals surface area contributed by atoms with E-state index in [1.54, 1.807) is 25.2 Å².